The van der Waals surface area contributed by atoms with Crippen LogP contribution >= 0.6 is 0 Å². The minimum Gasteiger partial charge on any atom is -0.456 e. The van der Waals surface area contributed by atoms with Gasteiger partial charge in [-0.1, -0.05) is 152 Å². The van der Waals surface area contributed by atoms with Gasteiger partial charge in [-0.2, -0.15) is 0 Å². The maximum Gasteiger partial charge on any atom is 0.164 e. The topological polar surface area (TPSA) is 65.0 Å². The number of hydrogen-bond acceptors (Lipinski definition) is 5. The third-order valence-corrected chi connectivity index (χ3v) is 11.7. The first-order chi connectivity index (χ1) is 30.7. The lowest BCUT2D eigenvalue weighted by Gasteiger charge is -2.14. The van der Waals surface area contributed by atoms with Crippen LogP contribution in [0.2, 0.25) is 0 Å². The molecule has 0 N–H and O–H groups in total. The van der Waals surface area contributed by atoms with Crippen molar-refractivity contribution in [3.05, 3.63) is 212 Å². The first kappa shape index (κ1) is 35.5. The average Bonchev–Trinajstić information content (AvgIpc) is 3.92. The molecule has 3 heterocycles. The Morgan fingerprint density at radius 3 is 1.27 bits per heavy atom. The van der Waals surface area contributed by atoms with E-state index in [0.29, 0.717) is 17.5 Å². The number of nitrogens with zero attached hydrogens (tertiary/aromatic N) is 3. The lowest BCUT2D eigenvalue weighted by Crippen LogP contribution is -2.01. The fraction of sp³-hybridized carbons (Fsp3) is 0. The molecule has 12 rings (SSSR count). The number of rotatable bonds is 7. The van der Waals surface area contributed by atoms with Crippen LogP contribution in [-0.2, 0) is 0 Å². The van der Waals surface area contributed by atoms with Gasteiger partial charge in [0, 0.05) is 38.2 Å². The molecule has 5 nitrogen and oxygen atoms in total. The van der Waals surface area contributed by atoms with E-state index in [9.17, 15) is 0 Å². The zero-order valence-corrected chi connectivity index (χ0v) is 33.4. The lowest BCUT2D eigenvalue weighted by atomic mass is 9.94. The number of fused-ring (bicyclic) bond motifs is 6. The summed E-state index contributed by atoms with van der Waals surface area (Å²) in [6, 6.07) is 73.5. The summed E-state index contributed by atoms with van der Waals surface area (Å²) in [6.07, 6.45) is 0. The minimum absolute atomic E-state index is 0.575. The molecule has 0 atom stereocenters. The van der Waals surface area contributed by atoms with Gasteiger partial charge < -0.3 is 8.83 Å². The molecule has 0 aliphatic carbocycles. The smallest absolute Gasteiger partial charge is 0.164 e. The Balaban J connectivity index is 1.10. The Labute approximate surface area is 357 Å². The van der Waals surface area contributed by atoms with Crippen LogP contribution in [-0.4, -0.2) is 15.0 Å². The van der Waals surface area contributed by atoms with Crippen molar-refractivity contribution in [2.45, 2.75) is 0 Å². The van der Waals surface area contributed by atoms with Crippen LogP contribution < -0.4 is 0 Å². The highest BCUT2D eigenvalue weighted by Crippen LogP contribution is 2.39. The van der Waals surface area contributed by atoms with Gasteiger partial charge in [-0.3, -0.25) is 0 Å². The van der Waals surface area contributed by atoms with Crippen molar-refractivity contribution in [1.29, 1.82) is 0 Å². The molecule has 62 heavy (non-hydrogen) atoms. The van der Waals surface area contributed by atoms with Crippen molar-refractivity contribution in [3.8, 4) is 78.7 Å². The van der Waals surface area contributed by atoms with Crippen LogP contribution in [0.1, 0.15) is 0 Å². The highest BCUT2D eigenvalue weighted by molar-refractivity contribution is 6.07. The second-order valence-corrected chi connectivity index (χ2v) is 15.6. The SMILES string of the molecule is c1ccc(-c2cccc(-c3nc(-c4cc(-c5ccc6oc7ccccc7c6c5)cc(-c5ccc6oc7ccccc7c6c5)c4)nc(-c4ccccc4-c4ccccc4)n3)c2)cc1. The molecule has 9 aromatic carbocycles. The number of para-hydroxylation sites is 2. The molecule has 0 unspecified atom stereocenters. The highest BCUT2D eigenvalue weighted by Gasteiger charge is 2.19. The van der Waals surface area contributed by atoms with Gasteiger partial charge in [0.1, 0.15) is 22.3 Å². The van der Waals surface area contributed by atoms with Crippen LogP contribution in [0.5, 0.6) is 0 Å². The van der Waals surface area contributed by atoms with Gasteiger partial charge in [0.2, 0.25) is 0 Å². The summed E-state index contributed by atoms with van der Waals surface area (Å²) >= 11 is 0. The standard InChI is InChI=1S/C57H35N3O2/c1-3-14-36(15-4-1)38-18-13-19-41(30-38)55-58-56(60-57(59-55)48-23-8-7-20-45(48)37-16-5-2-6-17-37)44-32-42(39-26-28-53-49(34-39)46-21-9-11-24-51(46)61-53)31-43(33-44)40-27-29-54-50(35-40)47-22-10-12-25-52(47)62-54/h1-35H. The molecule has 3 aromatic heterocycles. The van der Waals surface area contributed by atoms with Crippen molar-refractivity contribution in [1.82, 2.24) is 15.0 Å². The average molecular weight is 794 g/mol. The minimum atomic E-state index is 0.575. The van der Waals surface area contributed by atoms with Crippen molar-refractivity contribution >= 4 is 43.9 Å². The molecule has 12 aromatic rings. The number of benzene rings is 9. The second kappa shape index (κ2) is 14.7. The molecule has 290 valence electrons. The maximum atomic E-state index is 6.25. The molecule has 0 bridgehead atoms. The van der Waals surface area contributed by atoms with Crippen molar-refractivity contribution in [3.63, 3.8) is 0 Å². The molecular weight excluding hydrogens is 759 g/mol. The van der Waals surface area contributed by atoms with Crippen LogP contribution in [0.3, 0.4) is 0 Å². The van der Waals surface area contributed by atoms with E-state index < -0.39 is 0 Å². The van der Waals surface area contributed by atoms with Crippen LogP contribution in [0.15, 0.2) is 221 Å². The molecule has 0 aliphatic heterocycles. The summed E-state index contributed by atoms with van der Waals surface area (Å²) in [5.74, 6) is 1.76. The largest absolute Gasteiger partial charge is 0.456 e. The third-order valence-electron chi connectivity index (χ3n) is 11.7. The van der Waals surface area contributed by atoms with Crippen LogP contribution in [0.4, 0.5) is 0 Å². The number of hydrogen-bond donors (Lipinski definition) is 0. The Morgan fingerprint density at radius 2 is 0.645 bits per heavy atom. The Kier molecular flexibility index (Phi) is 8.42. The molecule has 0 saturated carbocycles. The van der Waals surface area contributed by atoms with Crippen molar-refractivity contribution in [2.24, 2.45) is 0 Å². The zero-order chi connectivity index (χ0) is 41.0. The summed E-state index contributed by atoms with van der Waals surface area (Å²) in [5, 5.41) is 4.30. The summed E-state index contributed by atoms with van der Waals surface area (Å²) in [7, 11) is 0. The van der Waals surface area contributed by atoms with Crippen LogP contribution in [0.25, 0.3) is 123 Å². The van der Waals surface area contributed by atoms with Gasteiger partial charge in [0.25, 0.3) is 0 Å². The normalized spacial score (nSPS) is 11.5. The predicted molar refractivity (Wildman–Crippen MR) is 252 cm³/mol. The van der Waals surface area contributed by atoms with E-state index in [0.717, 1.165) is 105 Å². The second-order valence-electron chi connectivity index (χ2n) is 15.6. The van der Waals surface area contributed by atoms with Gasteiger partial charge in [0.15, 0.2) is 17.5 Å². The summed E-state index contributed by atoms with van der Waals surface area (Å²) in [4.78, 5) is 15.9. The first-order valence-corrected chi connectivity index (χ1v) is 20.7. The Morgan fingerprint density at radius 1 is 0.226 bits per heavy atom. The van der Waals surface area contributed by atoms with E-state index >= 15 is 0 Å². The van der Waals surface area contributed by atoms with E-state index in [-0.39, 0.29) is 0 Å². The monoisotopic (exact) mass is 793 g/mol. The molecule has 5 heteroatoms. The van der Waals surface area contributed by atoms with E-state index in [1.54, 1.807) is 0 Å². The molecule has 0 spiro atoms. The third kappa shape index (κ3) is 6.32. The molecule has 0 radical (unpaired) electrons. The lowest BCUT2D eigenvalue weighted by molar-refractivity contribution is 0.668. The summed E-state index contributed by atoms with van der Waals surface area (Å²) < 4.78 is 12.5. The Bertz CT molecular complexity index is 3510. The zero-order valence-electron chi connectivity index (χ0n) is 33.4. The summed E-state index contributed by atoms with van der Waals surface area (Å²) in [6.45, 7) is 0. The fourth-order valence-corrected chi connectivity index (χ4v) is 8.67. The quantitative estimate of drug-likeness (QED) is 0.161. The molecular formula is C57H35N3O2. The van der Waals surface area contributed by atoms with Crippen molar-refractivity contribution < 1.29 is 8.83 Å². The summed E-state index contributed by atoms with van der Waals surface area (Å²) in [5.41, 5.74) is 14.7. The van der Waals surface area contributed by atoms with Gasteiger partial charge in [-0.15, -0.1) is 0 Å². The van der Waals surface area contributed by atoms with Gasteiger partial charge in [0.05, 0.1) is 0 Å². The first-order valence-electron chi connectivity index (χ1n) is 20.7. The van der Waals surface area contributed by atoms with E-state index in [2.05, 4.69) is 170 Å². The molecule has 0 saturated heterocycles. The van der Waals surface area contributed by atoms with E-state index in [4.69, 9.17) is 23.8 Å². The molecule has 0 aliphatic rings. The van der Waals surface area contributed by atoms with Gasteiger partial charge in [-0.05, 0) is 105 Å². The number of furan rings is 2. The highest BCUT2D eigenvalue weighted by atomic mass is 16.3. The van der Waals surface area contributed by atoms with E-state index in [1.165, 1.54) is 0 Å². The van der Waals surface area contributed by atoms with Gasteiger partial charge in [-0.25, -0.2) is 15.0 Å². The molecule has 0 fully saturated rings. The number of aromatic nitrogens is 3. The molecule has 0 amide bonds. The fourth-order valence-electron chi connectivity index (χ4n) is 8.67. The predicted octanol–water partition coefficient (Wildman–Crippen LogP) is 15.3. The maximum absolute atomic E-state index is 6.25. The van der Waals surface area contributed by atoms with Crippen molar-refractivity contribution in [2.75, 3.05) is 0 Å². The van der Waals surface area contributed by atoms with Crippen LogP contribution in [0, 0.1) is 0 Å². The van der Waals surface area contributed by atoms with E-state index in [1.807, 2.05) is 42.5 Å². The van der Waals surface area contributed by atoms with Gasteiger partial charge >= 0.3 is 0 Å². The Hall–Kier alpha value is -8.41.